The van der Waals surface area contributed by atoms with E-state index in [1.807, 2.05) is 0 Å². The molecule has 2 aliphatic heterocycles. The van der Waals surface area contributed by atoms with Crippen LogP contribution in [0, 0.1) is 5.41 Å². The van der Waals surface area contributed by atoms with Crippen molar-refractivity contribution in [2.45, 2.75) is 50.2 Å². The first-order chi connectivity index (χ1) is 8.76. The van der Waals surface area contributed by atoms with Crippen molar-refractivity contribution in [2.75, 3.05) is 33.0 Å². The molecule has 0 aromatic carbocycles. The fourth-order valence-corrected chi connectivity index (χ4v) is 3.22. The summed E-state index contributed by atoms with van der Waals surface area (Å²) < 4.78 is 11.5. The van der Waals surface area contributed by atoms with Crippen LogP contribution < -0.4 is 5.32 Å². The van der Waals surface area contributed by atoms with Crippen LogP contribution in [0.5, 0.6) is 0 Å². The summed E-state index contributed by atoms with van der Waals surface area (Å²) >= 11 is 0. The van der Waals surface area contributed by atoms with Crippen molar-refractivity contribution in [3.63, 3.8) is 0 Å². The normalized spacial score (nSPS) is 33.5. The maximum atomic E-state index is 9.35. The van der Waals surface area contributed by atoms with Gasteiger partial charge in [0, 0.05) is 44.4 Å². The monoisotopic (exact) mass is 255 g/mol. The van der Waals surface area contributed by atoms with Crippen molar-refractivity contribution in [3.8, 4) is 0 Å². The molecule has 0 amide bonds. The number of aliphatic hydroxyl groups excluding tert-OH is 1. The molecule has 0 radical (unpaired) electrons. The molecule has 0 aromatic rings. The van der Waals surface area contributed by atoms with Crippen LogP contribution in [0.3, 0.4) is 0 Å². The van der Waals surface area contributed by atoms with Gasteiger partial charge in [-0.1, -0.05) is 0 Å². The van der Waals surface area contributed by atoms with E-state index in [2.05, 4.69) is 5.32 Å². The predicted molar refractivity (Wildman–Crippen MR) is 68.5 cm³/mol. The van der Waals surface area contributed by atoms with Crippen molar-refractivity contribution < 1.29 is 14.6 Å². The number of rotatable bonds is 4. The minimum Gasteiger partial charge on any atom is -0.396 e. The van der Waals surface area contributed by atoms with Gasteiger partial charge in [-0.3, -0.25) is 0 Å². The topological polar surface area (TPSA) is 50.7 Å². The highest BCUT2D eigenvalue weighted by atomic mass is 16.5. The lowest BCUT2D eigenvalue weighted by Gasteiger charge is -2.43. The van der Waals surface area contributed by atoms with Crippen molar-refractivity contribution >= 4 is 0 Å². The molecular formula is C14H25NO3. The van der Waals surface area contributed by atoms with Gasteiger partial charge in [0.1, 0.15) is 0 Å². The van der Waals surface area contributed by atoms with E-state index in [9.17, 15) is 5.11 Å². The molecule has 0 bridgehead atoms. The van der Waals surface area contributed by atoms with Gasteiger partial charge < -0.3 is 19.9 Å². The second kappa shape index (κ2) is 5.08. The first-order valence-electron chi connectivity index (χ1n) is 7.32. The van der Waals surface area contributed by atoms with Gasteiger partial charge in [0.15, 0.2) is 0 Å². The van der Waals surface area contributed by atoms with Crippen LogP contribution in [0.15, 0.2) is 0 Å². The summed E-state index contributed by atoms with van der Waals surface area (Å²) in [5, 5.41) is 13.0. The summed E-state index contributed by atoms with van der Waals surface area (Å²) in [6, 6.07) is 0.556. The molecule has 3 aliphatic rings. The standard InChI is InChI=1S/C14H25NO3/c16-11-13(2-3-13)10-15-12-1-6-18-14(9-12)4-7-17-8-5-14/h12,15-16H,1-11H2. The Morgan fingerprint density at radius 3 is 2.56 bits per heavy atom. The van der Waals surface area contributed by atoms with E-state index in [0.717, 1.165) is 52.0 Å². The van der Waals surface area contributed by atoms with Gasteiger partial charge in [0.2, 0.25) is 0 Å². The van der Waals surface area contributed by atoms with Gasteiger partial charge in [0.25, 0.3) is 0 Å². The highest BCUT2D eigenvalue weighted by Crippen LogP contribution is 2.44. The lowest BCUT2D eigenvalue weighted by atomic mass is 9.84. The number of hydrogen-bond donors (Lipinski definition) is 2. The zero-order valence-electron chi connectivity index (χ0n) is 11.1. The second-order valence-electron chi connectivity index (χ2n) is 6.37. The van der Waals surface area contributed by atoms with E-state index in [1.54, 1.807) is 0 Å². The molecule has 1 atom stereocenters. The van der Waals surface area contributed by atoms with E-state index in [0.29, 0.717) is 12.6 Å². The Hall–Kier alpha value is -0.160. The smallest absolute Gasteiger partial charge is 0.0741 e. The van der Waals surface area contributed by atoms with E-state index in [4.69, 9.17) is 9.47 Å². The molecule has 0 aromatic heterocycles. The van der Waals surface area contributed by atoms with Crippen molar-refractivity contribution in [1.82, 2.24) is 5.32 Å². The Balaban J connectivity index is 1.50. The van der Waals surface area contributed by atoms with Crippen molar-refractivity contribution in [1.29, 1.82) is 0 Å². The summed E-state index contributed by atoms with van der Waals surface area (Å²) in [6.07, 6.45) is 6.64. The first kappa shape index (κ1) is 12.9. The second-order valence-corrected chi connectivity index (χ2v) is 6.37. The fourth-order valence-electron chi connectivity index (χ4n) is 3.22. The molecule has 2 N–H and O–H groups in total. The predicted octanol–water partition coefficient (Wildman–Crippen LogP) is 1.08. The molecule has 1 aliphatic carbocycles. The van der Waals surface area contributed by atoms with E-state index < -0.39 is 0 Å². The number of ether oxygens (including phenoxy) is 2. The Bertz CT molecular complexity index is 279. The average Bonchev–Trinajstić information content (AvgIpc) is 3.18. The van der Waals surface area contributed by atoms with Crippen LogP contribution in [0.2, 0.25) is 0 Å². The van der Waals surface area contributed by atoms with E-state index in [1.165, 1.54) is 12.8 Å². The Labute approximate surface area is 109 Å². The summed E-state index contributed by atoms with van der Waals surface area (Å²) in [5.74, 6) is 0. The zero-order chi connectivity index (χ0) is 12.5. The zero-order valence-corrected chi connectivity index (χ0v) is 11.1. The van der Waals surface area contributed by atoms with Gasteiger partial charge >= 0.3 is 0 Å². The van der Waals surface area contributed by atoms with Gasteiger partial charge in [-0.25, -0.2) is 0 Å². The molecule has 3 fully saturated rings. The molecule has 1 spiro atoms. The fraction of sp³-hybridized carbons (Fsp3) is 1.00. The van der Waals surface area contributed by atoms with Crippen molar-refractivity contribution in [2.24, 2.45) is 5.41 Å². The molecule has 4 heteroatoms. The SMILES string of the molecule is OCC1(CNC2CCOC3(CCOCC3)C2)CC1. The molecule has 1 unspecified atom stereocenters. The third-order valence-electron chi connectivity index (χ3n) is 4.96. The maximum Gasteiger partial charge on any atom is 0.0741 e. The molecular weight excluding hydrogens is 230 g/mol. The van der Waals surface area contributed by atoms with Gasteiger partial charge in [-0.15, -0.1) is 0 Å². The van der Waals surface area contributed by atoms with E-state index in [-0.39, 0.29) is 11.0 Å². The minimum absolute atomic E-state index is 0.0735. The highest BCUT2D eigenvalue weighted by Gasteiger charge is 2.43. The molecule has 2 heterocycles. The van der Waals surface area contributed by atoms with Crippen LogP contribution >= 0.6 is 0 Å². The van der Waals surface area contributed by atoms with Gasteiger partial charge in [0.05, 0.1) is 5.60 Å². The number of nitrogens with one attached hydrogen (secondary N) is 1. The van der Waals surface area contributed by atoms with Crippen LogP contribution in [-0.4, -0.2) is 49.7 Å². The molecule has 2 saturated heterocycles. The van der Waals surface area contributed by atoms with E-state index >= 15 is 0 Å². The number of aliphatic hydroxyl groups is 1. The molecule has 18 heavy (non-hydrogen) atoms. The van der Waals surface area contributed by atoms with Crippen LogP contribution in [0.4, 0.5) is 0 Å². The molecule has 104 valence electrons. The molecule has 1 saturated carbocycles. The third-order valence-corrected chi connectivity index (χ3v) is 4.96. The highest BCUT2D eigenvalue weighted by molar-refractivity contribution is 4.97. The average molecular weight is 255 g/mol. The number of hydrogen-bond acceptors (Lipinski definition) is 4. The summed E-state index contributed by atoms with van der Waals surface area (Å²) in [4.78, 5) is 0. The summed E-state index contributed by atoms with van der Waals surface area (Å²) in [7, 11) is 0. The lowest BCUT2D eigenvalue weighted by Crippen LogP contribution is -2.50. The van der Waals surface area contributed by atoms with Crippen molar-refractivity contribution in [3.05, 3.63) is 0 Å². The Morgan fingerprint density at radius 1 is 1.11 bits per heavy atom. The minimum atomic E-state index is 0.0735. The first-order valence-corrected chi connectivity index (χ1v) is 7.32. The summed E-state index contributed by atoms with van der Waals surface area (Å²) in [6.45, 7) is 3.85. The molecule has 4 nitrogen and oxygen atoms in total. The van der Waals surface area contributed by atoms with Gasteiger partial charge in [-0.05, 0) is 38.5 Å². The van der Waals surface area contributed by atoms with Crippen LogP contribution in [0.25, 0.3) is 0 Å². The van der Waals surface area contributed by atoms with Crippen LogP contribution in [-0.2, 0) is 9.47 Å². The summed E-state index contributed by atoms with van der Waals surface area (Å²) in [5.41, 5.74) is 0.283. The Morgan fingerprint density at radius 2 is 1.89 bits per heavy atom. The largest absolute Gasteiger partial charge is 0.396 e. The van der Waals surface area contributed by atoms with Crippen LogP contribution in [0.1, 0.15) is 38.5 Å². The quantitative estimate of drug-likeness (QED) is 0.789. The lowest BCUT2D eigenvalue weighted by molar-refractivity contribution is -0.140. The van der Waals surface area contributed by atoms with Gasteiger partial charge in [-0.2, -0.15) is 0 Å². The molecule has 3 rings (SSSR count). The Kier molecular flexibility index (Phi) is 3.63. The maximum absolute atomic E-state index is 9.35. The third kappa shape index (κ3) is 2.72.